The Bertz CT molecular complexity index is 270. The quantitative estimate of drug-likeness (QED) is 0.166. The van der Waals surface area contributed by atoms with Crippen LogP contribution in [0.25, 0.3) is 0 Å². The molecule has 0 spiro atoms. The van der Waals surface area contributed by atoms with E-state index < -0.39 is 17.8 Å². The Morgan fingerprint density at radius 2 is 1.50 bits per heavy atom. The third-order valence-corrected chi connectivity index (χ3v) is 1.41. The van der Waals surface area contributed by atoms with E-state index in [1.54, 1.807) is 0 Å². The number of nitrogens with two attached hydrogens (primary N) is 2. The van der Waals surface area contributed by atoms with Crippen molar-refractivity contribution in [1.82, 2.24) is 10.0 Å². The third-order valence-electron chi connectivity index (χ3n) is 1.41. The van der Waals surface area contributed by atoms with E-state index in [0.29, 0.717) is 10.0 Å². The van der Waals surface area contributed by atoms with Gasteiger partial charge >= 0.3 is 0 Å². The van der Waals surface area contributed by atoms with Crippen molar-refractivity contribution in [3.8, 4) is 0 Å². The van der Waals surface area contributed by atoms with E-state index in [1.807, 2.05) is 0 Å². The first kappa shape index (κ1) is 8.37. The summed E-state index contributed by atoms with van der Waals surface area (Å²) in [5.41, 5.74) is -0.351. The Labute approximate surface area is 67.7 Å². The molecule has 1 rings (SSSR count). The number of carbonyl (C=O) groups excluding carboxylic acids is 2. The van der Waals surface area contributed by atoms with Gasteiger partial charge in [0, 0.05) is 0 Å². The molecule has 0 aromatic carbocycles. The first-order chi connectivity index (χ1) is 5.46. The van der Waals surface area contributed by atoms with E-state index in [0.717, 1.165) is 0 Å². The molecule has 5 N–H and O–H groups in total. The summed E-state index contributed by atoms with van der Waals surface area (Å²) in [4.78, 5) is 21.9. The fourth-order valence-electron chi connectivity index (χ4n) is 0.691. The molecule has 0 saturated carbocycles. The molecule has 0 unspecified atom stereocenters. The molecule has 0 bridgehead atoms. The fourth-order valence-corrected chi connectivity index (χ4v) is 0.691. The molecule has 2 amide bonds. The topological polar surface area (TPSA) is 117 Å². The first-order valence-corrected chi connectivity index (χ1v) is 2.92. The maximum absolute atomic E-state index is 10.9. The van der Waals surface area contributed by atoms with E-state index >= 15 is 0 Å². The third kappa shape index (κ3) is 0.881. The zero-order valence-corrected chi connectivity index (χ0v) is 6.07. The number of hydrogen-bond acceptors (Lipinski definition) is 5. The number of hydrogen-bond donors (Lipinski definition) is 3. The minimum Gasteiger partial charge on any atom is -0.267 e. The molecule has 64 valence electrons. The fraction of sp³-hybridized carbons (Fsp3) is 0. The molecular weight excluding hydrogens is 162 g/mol. The minimum atomic E-state index is -0.813. The summed E-state index contributed by atoms with van der Waals surface area (Å²) >= 11 is 0. The average Bonchev–Trinajstić information content (AvgIpc) is 2.08. The lowest BCUT2D eigenvalue weighted by atomic mass is 10.2. The predicted molar refractivity (Wildman–Crippen MR) is 38.9 cm³/mol. The minimum absolute atomic E-state index is 0.351. The summed E-state index contributed by atoms with van der Waals surface area (Å²) in [5, 5.41) is 7.97. The standard InChI is InChI=1S/C5H7N5O2/c1-2-3(11)9(7)5(6)10(8)4(2)12/h6H,1,7-8H2. The van der Waals surface area contributed by atoms with E-state index in [9.17, 15) is 9.59 Å². The smallest absolute Gasteiger partial charge is 0.267 e. The van der Waals surface area contributed by atoms with Crippen molar-refractivity contribution < 1.29 is 9.59 Å². The number of rotatable bonds is 0. The number of carbonyl (C=O) groups is 2. The van der Waals surface area contributed by atoms with Crippen LogP contribution < -0.4 is 11.7 Å². The lowest BCUT2D eigenvalue weighted by molar-refractivity contribution is -0.134. The van der Waals surface area contributed by atoms with Crippen LogP contribution in [-0.2, 0) is 9.59 Å². The van der Waals surface area contributed by atoms with Crippen molar-refractivity contribution in [1.29, 1.82) is 5.41 Å². The second-order valence-corrected chi connectivity index (χ2v) is 2.15. The Morgan fingerprint density at radius 1 is 1.17 bits per heavy atom. The molecule has 0 aliphatic carbocycles. The highest BCUT2D eigenvalue weighted by Crippen LogP contribution is 2.07. The van der Waals surface area contributed by atoms with Gasteiger partial charge < -0.3 is 0 Å². The van der Waals surface area contributed by atoms with Crippen LogP contribution in [0.3, 0.4) is 0 Å². The average molecular weight is 169 g/mol. The normalized spacial score (nSPS) is 19.2. The largest absolute Gasteiger partial charge is 0.280 e. The predicted octanol–water partition coefficient (Wildman–Crippen LogP) is -2.10. The molecular formula is C5H7N5O2. The van der Waals surface area contributed by atoms with Crippen LogP contribution in [0, 0.1) is 5.41 Å². The Morgan fingerprint density at radius 3 is 1.83 bits per heavy atom. The number of nitrogens with zero attached hydrogens (tertiary/aromatic N) is 2. The van der Waals surface area contributed by atoms with Crippen molar-refractivity contribution >= 4 is 17.8 Å². The number of hydrazine groups is 2. The van der Waals surface area contributed by atoms with Crippen LogP contribution >= 0.6 is 0 Å². The molecule has 1 saturated heterocycles. The van der Waals surface area contributed by atoms with Crippen LogP contribution in [0.2, 0.25) is 0 Å². The first-order valence-electron chi connectivity index (χ1n) is 2.92. The summed E-state index contributed by atoms with van der Waals surface area (Å²) in [7, 11) is 0. The summed E-state index contributed by atoms with van der Waals surface area (Å²) in [6.45, 7) is 3.17. The highest BCUT2D eigenvalue weighted by atomic mass is 16.2. The van der Waals surface area contributed by atoms with E-state index in [-0.39, 0.29) is 5.57 Å². The highest BCUT2D eigenvalue weighted by molar-refractivity contribution is 6.28. The molecule has 1 heterocycles. The molecule has 0 aromatic heterocycles. The van der Waals surface area contributed by atoms with Gasteiger partial charge in [0.1, 0.15) is 5.57 Å². The second kappa shape index (κ2) is 2.40. The van der Waals surface area contributed by atoms with Crippen molar-refractivity contribution in [3.05, 3.63) is 12.2 Å². The molecule has 0 radical (unpaired) electrons. The van der Waals surface area contributed by atoms with Crippen LogP contribution in [0.15, 0.2) is 12.2 Å². The maximum atomic E-state index is 10.9. The van der Waals surface area contributed by atoms with Crippen LogP contribution in [0.4, 0.5) is 0 Å². The Hall–Kier alpha value is -1.73. The number of guanidine groups is 1. The molecule has 1 aliphatic rings. The number of nitrogens with one attached hydrogen (secondary N) is 1. The monoisotopic (exact) mass is 169 g/mol. The van der Waals surface area contributed by atoms with E-state index in [1.165, 1.54) is 0 Å². The van der Waals surface area contributed by atoms with Gasteiger partial charge in [-0.2, -0.15) is 0 Å². The maximum Gasteiger partial charge on any atom is 0.280 e. The Kier molecular flexibility index (Phi) is 1.67. The van der Waals surface area contributed by atoms with Crippen LogP contribution in [-0.4, -0.2) is 27.8 Å². The summed E-state index contributed by atoms with van der Waals surface area (Å²) < 4.78 is 0. The van der Waals surface area contributed by atoms with Gasteiger partial charge in [0.05, 0.1) is 0 Å². The van der Waals surface area contributed by atoms with Crippen molar-refractivity contribution in [2.24, 2.45) is 11.7 Å². The summed E-state index contributed by atoms with van der Waals surface area (Å²) in [5.74, 6) is 7.98. The second-order valence-electron chi connectivity index (χ2n) is 2.15. The van der Waals surface area contributed by atoms with Crippen LogP contribution in [0.5, 0.6) is 0 Å². The van der Waals surface area contributed by atoms with Crippen molar-refractivity contribution in [3.63, 3.8) is 0 Å². The lowest BCUT2D eigenvalue weighted by Crippen LogP contribution is -2.61. The van der Waals surface area contributed by atoms with Gasteiger partial charge in [0.15, 0.2) is 0 Å². The van der Waals surface area contributed by atoms with E-state index in [2.05, 4.69) is 6.58 Å². The molecule has 1 fully saturated rings. The lowest BCUT2D eigenvalue weighted by Gasteiger charge is -2.29. The van der Waals surface area contributed by atoms with Gasteiger partial charge in [-0.05, 0) is 0 Å². The van der Waals surface area contributed by atoms with Crippen molar-refractivity contribution in [2.75, 3.05) is 0 Å². The zero-order chi connectivity index (χ0) is 9.46. The molecule has 12 heavy (non-hydrogen) atoms. The molecule has 0 aromatic rings. The summed E-state index contributed by atoms with van der Waals surface area (Å²) in [6, 6.07) is 0. The summed E-state index contributed by atoms with van der Waals surface area (Å²) in [6.07, 6.45) is 0. The van der Waals surface area contributed by atoms with Gasteiger partial charge in [-0.25, -0.2) is 21.7 Å². The van der Waals surface area contributed by atoms with Gasteiger partial charge in [-0.1, -0.05) is 6.58 Å². The molecule has 7 nitrogen and oxygen atoms in total. The van der Waals surface area contributed by atoms with Gasteiger partial charge in [0.25, 0.3) is 11.8 Å². The van der Waals surface area contributed by atoms with Crippen molar-refractivity contribution in [2.45, 2.75) is 0 Å². The Balaban J connectivity index is 3.07. The van der Waals surface area contributed by atoms with Gasteiger partial charge in [-0.15, -0.1) is 0 Å². The van der Waals surface area contributed by atoms with Gasteiger partial charge in [-0.3, -0.25) is 15.0 Å². The number of amides is 2. The van der Waals surface area contributed by atoms with Crippen LogP contribution in [0.1, 0.15) is 0 Å². The zero-order valence-electron chi connectivity index (χ0n) is 6.07. The molecule has 1 aliphatic heterocycles. The highest BCUT2D eigenvalue weighted by Gasteiger charge is 2.35. The van der Waals surface area contributed by atoms with Gasteiger partial charge in [0.2, 0.25) is 5.96 Å². The molecule has 0 atom stereocenters. The van der Waals surface area contributed by atoms with E-state index in [4.69, 9.17) is 17.1 Å². The molecule has 7 heteroatoms. The SMILES string of the molecule is C=C1C(=O)N(N)C(=N)N(N)C1=O.